The molecule has 2 aromatic carbocycles. The Morgan fingerprint density at radius 1 is 0.960 bits per heavy atom. The summed E-state index contributed by atoms with van der Waals surface area (Å²) in [5.41, 5.74) is 1.54. The molecule has 0 unspecified atom stereocenters. The van der Waals surface area contributed by atoms with Crippen molar-refractivity contribution < 1.29 is 9.59 Å². The van der Waals surface area contributed by atoms with E-state index in [0.717, 1.165) is 12.8 Å². The molecule has 0 spiro atoms. The number of carbonyl (C=O) groups excluding carboxylic acids is 2. The van der Waals surface area contributed by atoms with E-state index in [1.807, 2.05) is 6.07 Å². The van der Waals surface area contributed by atoms with Gasteiger partial charge >= 0.3 is 0 Å². The van der Waals surface area contributed by atoms with Crippen LogP contribution in [0.3, 0.4) is 0 Å². The van der Waals surface area contributed by atoms with Gasteiger partial charge in [-0.25, -0.2) is 0 Å². The summed E-state index contributed by atoms with van der Waals surface area (Å²) in [6.45, 7) is 2.69. The molecule has 0 saturated carbocycles. The second-order valence-corrected chi connectivity index (χ2v) is 5.84. The Hall–Kier alpha value is -2.73. The van der Waals surface area contributed by atoms with Crippen LogP contribution in [-0.4, -0.2) is 23.5 Å². The van der Waals surface area contributed by atoms with Crippen molar-refractivity contribution in [2.24, 2.45) is 0 Å². The van der Waals surface area contributed by atoms with Crippen LogP contribution < -0.4 is 16.0 Å². The first kappa shape index (κ1) is 18.6. The van der Waals surface area contributed by atoms with Crippen LogP contribution in [0.15, 0.2) is 54.6 Å². The Morgan fingerprint density at radius 2 is 1.64 bits per heavy atom. The van der Waals surface area contributed by atoms with E-state index < -0.39 is 0 Å². The summed E-state index contributed by atoms with van der Waals surface area (Å²) in [5.74, 6) is -0.475. The minimum atomic E-state index is -0.303. The van der Waals surface area contributed by atoms with E-state index in [4.69, 9.17) is 12.2 Å². The number of hydrogen-bond acceptors (Lipinski definition) is 3. The number of anilines is 1. The van der Waals surface area contributed by atoms with Crippen LogP contribution in [-0.2, 0) is 0 Å². The molecule has 0 atom stereocenters. The third-order valence-electron chi connectivity index (χ3n) is 3.50. The first-order valence-electron chi connectivity index (χ1n) is 8.16. The number of amides is 2. The van der Waals surface area contributed by atoms with Crippen molar-refractivity contribution in [3.05, 3.63) is 65.7 Å². The quantitative estimate of drug-likeness (QED) is 0.549. The average Bonchev–Trinajstić information content (AvgIpc) is 2.63. The first-order chi connectivity index (χ1) is 12.1. The molecular formula is C19H21N3O2S. The zero-order chi connectivity index (χ0) is 18.1. The summed E-state index contributed by atoms with van der Waals surface area (Å²) in [5, 5.41) is 8.55. The molecule has 6 heteroatoms. The van der Waals surface area contributed by atoms with Crippen LogP contribution in [0.1, 0.15) is 40.5 Å². The van der Waals surface area contributed by atoms with Gasteiger partial charge in [0.15, 0.2) is 5.11 Å². The molecule has 130 valence electrons. The van der Waals surface area contributed by atoms with E-state index in [1.165, 1.54) is 0 Å². The molecule has 0 bridgehead atoms. The van der Waals surface area contributed by atoms with Crippen molar-refractivity contribution in [3.63, 3.8) is 0 Å². The van der Waals surface area contributed by atoms with E-state index in [1.54, 1.807) is 48.5 Å². The van der Waals surface area contributed by atoms with Crippen molar-refractivity contribution in [3.8, 4) is 0 Å². The highest BCUT2D eigenvalue weighted by atomic mass is 32.1. The highest BCUT2D eigenvalue weighted by Gasteiger charge is 2.13. The van der Waals surface area contributed by atoms with Crippen LogP contribution in [0.4, 0.5) is 5.69 Å². The normalized spacial score (nSPS) is 9.96. The number of rotatable bonds is 6. The zero-order valence-electron chi connectivity index (χ0n) is 14.0. The van der Waals surface area contributed by atoms with Crippen LogP contribution >= 0.6 is 12.2 Å². The number of hydrogen-bond donors (Lipinski definition) is 3. The second-order valence-electron chi connectivity index (χ2n) is 5.43. The van der Waals surface area contributed by atoms with Gasteiger partial charge in [0.05, 0.1) is 11.3 Å². The molecule has 0 heterocycles. The van der Waals surface area contributed by atoms with Gasteiger partial charge in [0.2, 0.25) is 0 Å². The van der Waals surface area contributed by atoms with Crippen molar-refractivity contribution in [2.75, 3.05) is 11.9 Å². The number of unbranched alkanes of at least 4 members (excludes halogenated alkanes) is 1. The lowest BCUT2D eigenvalue weighted by atomic mass is 10.1. The predicted octanol–water partition coefficient (Wildman–Crippen LogP) is 3.34. The van der Waals surface area contributed by atoms with E-state index in [9.17, 15) is 9.59 Å². The number of para-hydroxylation sites is 1. The van der Waals surface area contributed by atoms with Gasteiger partial charge in [-0.3, -0.25) is 14.9 Å². The molecular weight excluding hydrogens is 334 g/mol. The van der Waals surface area contributed by atoms with Crippen molar-refractivity contribution in [2.45, 2.75) is 19.8 Å². The van der Waals surface area contributed by atoms with E-state index >= 15 is 0 Å². The number of carbonyl (C=O) groups is 2. The molecule has 2 aromatic rings. The maximum absolute atomic E-state index is 12.3. The maximum atomic E-state index is 12.3. The fraction of sp³-hybridized carbons (Fsp3) is 0.211. The molecule has 25 heavy (non-hydrogen) atoms. The molecule has 0 saturated heterocycles. The van der Waals surface area contributed by atoms with E-state index in [2.05, 4.69) is 22.9 Å². The number of thiocarbonyl (C=S) groups is 1. The lowest BCUT2D eigenvalue weighted by Crippen LogP contribution is -2.35. The summed E-state index contributed by atoms with van der Waals surface area (Å²) < 4.78 is 0. The fourth-order valence-corrected chi connectivity index (χ4v) is 2.39. The zero-order valence-corrected chi connectivity index (χ0v) is 14.9. The van der Waals surface area contributed by atoms with Gasteiger partial charge in [-0.15, -0.1) is 0 Å². The van der Waals surface area contributed by atoms with Gasteiger partial charge < -0.3 is 10.6 Å². The van der Waals surface area contributed by atoms with E-state index in [-0.39, 0.29) is 16.9 Å². The molecule has 5 nitrogen and oxygen atoms in total. The summed E-state index contributed by atoms with van der Waals surface area (Å²) >= 11 is 5.19. The molecule has 0 radical (unpaired) electrons. The van der Waals surface area contributed by atoms with Gasteiger partial charge in [0.25, 0.3) is 11.8 Å². The molecule has 3 N–H and O–H groups in total. The van der Waals surface area contributed by atoms with Gasteiger partial charge in [-0.1, -0.05) is 43.7 Å². The smallest absolute Gasteiger partial charge is 0.257 e. The SMILES string of the molecule is CCCCNC(=O)c1ccccc1NC(=S)NC(=O)c1ccccc1. The molecule has 2 amide bonds. The average molecular weight is 355 g/mol. The maximum Gasteiger partial charge on any atom is 0.257 e. The fourth-order valence-electron chi connectivity index (χ4n) is 2.18. The third kappa shape index (κ3) is 5.69. The van der Waals surface area contributed by atoms with Crippen molar-refractivity contribution in [1.29, 1.82) is 0 Å². The molecule has 0 aliphatic rings. The topological polar surface area (TPSA) is 70.2 Å². The van der Waals surface area contributed by atoms with Gasteiger partial charge in [0, 0.05) is 12.1 Å². The molecule has 0 aliphatic heterocycles. The lowest BCUT2D eigenvalue weighted by molar-refractivity contribution is 0.0952. The van der Waals surface area contributed by atoms with Crippen molar-refractivity contribution in [1.82, 2.24) is 10.6 Å². The highest BCUT2D eigenvalue weighted by molar-refractivity contribution is 7.80. The number of nitrogens with one attached hydrogen (secondary N) is 3. The minimum Gasteiger partial charge on any atom is -0.352 e. The second kappa shape index (κ2) is 9.54. The summed E-state index contributed by atoms with van der Waals surface area (Å²) in [4.78, 5) is 24.4. The predicted molar refractivity (Wildman–Crippen MR) is 104 cm³/mol. The summed E-state index contributed by atoms with van der Waals surface area (Å²) in [6.07, 6.45) is 1.93. The number of benzene rings is 2. The highest BCUT2D eigenvalue weighted by Crippen LogP contribution is 2.15. The summed E-state index contributed by atoms with van der Waals surface area (Å²) in [7, 11) is 0. The first-order valence-corrected chi connectivity index (χ1v) is 8.57. The molecule has 0 aliphatic carbocycles. The third-order valence-corrected chi connectivity index (χ3v) is 3.70. The Morgan fingerprint density at radius 3 is 2.36 bits per heavy atom. The monoisotopic (exact) mass is 355 g/mol. The van der Waals surface area contributed by atoms with Crippen LogP contribution in [0.5, 0.6) is 0 Å². The van der Waals surface area contributed by atoms with Crippen LogP contribution in [0.2, 0.25) is 0 Å². The van der Waals surface area contributed by atoms with Crippen LogP contribution in [0, 0.1) is 0 Å². The Kier molecular flexibility index (Phi) is 7.10. The summed E-state index contributed by atoms with van der Waals surface area (Å²) in [6, 6.07) is 15.8. The van der Waals surface area contributed by atoms with E-state index in [0.29, 0.717) is 23.4 Å². The molecule has 0 fully saturated rings. The van der Waals surface area contributed by atoms with Gasteiger partial charge in [0.1, 0.15) is 0 Å². The molecule has 2 rings (SSSR count). The Labute approximate surface area is 152 Å². The largest absolute Gasteiger partial charge is 0.352 e. The minimum absolute atomic E-state index is 0.141. The Bertz CT molecular complexity index is 747. The molecule has 0 aromatic heterocycles. The Balaban J connectivity index is 2.01. The van der Waals surface area contributed by atoms with Gasteiger partial charge in [-0.2, -0.15) is 0 Å². The standard InChI is InChI=1S/C19H21N3O2S/c1-2-3-13-20-18(24)15-11-7-8-12-16(15)21-19(25)22-17(23)14-9-5-4-6-10-14/h4-12H,2-3,13H2,1H3,(H,20,24)(H2,21,22,23,25). The van der Waals surface area contributed by atoms with Gasteiger partial charge in [-0.05, 0) is 42.9 Å². The van der Waals surface area contributed by atoms with Crippen molar-refractivity contribution >= 4 is 34.8 Å². The lowest BCUT2D eigenvalue weighted by Gasteiger charge is -2.13. The van der Waals surface area contributed by atoms with Crippen LogP contribution in [0.25, 0.3) is 0 Å².